The second kappa shape index (κ2) is 36.7. The van der Waals surface area contributed by atoms with Gasteiger partial charge >= 0.3 is 0 Å². The van der Waals surface area contributed by atoms with E-state index in [-0.39, 0.29) is 47.5 Å². The third-order valence-electron chi connectivity index (χ3n) is 23.3. The van der Waals surface area contributed by atoms with Crippen LogP contribution in [0.4, 0.5) is 0 Å². The molecule has 0 saturated carbocycles. The summed E-state index contributed by atoms with van der Waals surface area (Å²) in [5.74, 6) is 5.58. The van der Waals surface area contributed by atoms with Gasteiger partial charge in [-0.3, -0.25) is 53.5 Å². The zero-order valence-corrected chi connectivity index (χ0v) is 76.7. The standard InChI is InChI=1S/2C25H26N4O4S.C23H22N4O4S.C22H19N5O2S/c1-27(2)24(30)18-14-28(3)20-11-15(5-6-17(18)20)33-21-7-9-26-19-12-22(34-23(19)21)25(31)29-10-8-16(13-29)32-4;1-14-22(25(32)27(2)3)17-6-5-16(11-19(17)28(14)4)33-20-7-9-26-18-12-21(34-23(18)20)24(31)29-10-8-15(30)13-29;1-12-20(22(29)24-2)15-4-3-14(9-16(15)26-12)31-18-5-7-25-17-10-19(32-21(17)18)23(30)27-8-6-13(28)11-27;1-23-22(28)15-12-27(3)17-10-13(4-5-14(15)17)29-18-6-7-24-16-11-19(30-20(16)18)21-25-8-9-26(21)2/h5-7,9,11-12,14,16H,8,10,13H2,1-4H3;5-7,9,11-12,15,30H,8,10,13H2,1-4H3;3-5,7,9-10,13,26,28H,6,8,11H2,1-2H3,(H,24,29);4-12H,1-3H3,(H,23,28)/t16-;15-;13-;/m111./s1. The number of imidazole rings is 1. The molecule has 666 valence electrons. The van der Waals surface area contributed by atoms with Crippen LogP contribution in [0.1, 0.15) is 101 Å². The summed E-state index contributed by atoms with van der Waals surface area (Å²) in [6.45, 7) is 6.93. The van der Waals surface area contributed by atoms with E-state index in [0.29, 0.717) is 140 Å². The molecule has 7 amide bonds. The van der Waals surface area contributed by atoms with Crippen LogP contribution in [0.15, 0.2) is 171 Å². The number of aromatic nitrogens is 10. The van der Waals surface area contributed by atoms with Crippen molar-refractivity contribution in [3.63, 3.8) is 0 Å². The molecular weight excluding hydrogens is 1730 g/mol. The third kappa shape index (κ3) is 17.4. The number of likely N-dealkylation sites (tertiary alicyclic amines) is 3. The number of fused-ring (bicyclic) bond motifs is 8. The van der Waals surface area contributed by atoms with Crippen LogP contribution >= 0.6 is 45.3 Å². The number of thiophene rings is 4. The van der Waals surface area contributed by atoms with Crippen LogP contribution in [0, 0.1) is 13.8 Å². The second-order valence-corrected chi connectivity index (χ2v) is 36.6. The molecule has 3 saturated heterocycles. The van der Waals surface area contributed by atoms with Crippen molar-refractivity contribution in [1.82, 2.24) is 83.3 Å². The van der Waals surface area contributed by atoms with Crippen molar-refractivity contribution in [2.24, 2.45) is 28.2 Å². The van der Waals surface area contributed by atoms with Gasteiger partial charge in [0.15, 0.2) is 0 Å². The van der Waals surface area contributed by atoms with Gasteiger partial charge in [0, 0.05) is 248 Å². The molecule has 3 aliphatic rings. The Morgan fingerprint density at radius 2 is 0.877 bits per heavy atom. The molecule has 0 radical (unpaired) electrons. The van der Waals surface area contributed by atoms with E-state index in [2.05, 4.69) is 40.5 Å². The molecule has 0 spiro atoms. The first-order valence-corrected chi connectivity index (χ1v) is 45.1. The minimum Gasteiger partial charge on any atom is -0.456 e. The normalized spacial score (nSPS) is 14.9. The van der Waals surface area contributed by atoms with Crippen LogP contribution in [0.5, 0.6) is 46.0 Å². The van der Waals surface area contributed by atoms with Crippen molar-refractivity contribution in [2.45, 2.75) is 51.4 Å². The number of hydrogen-bond donors (Lipinski definition) is 5. The second-order valence-electron chi connectivity index (χ2n) is 32.3. The molecule has 0 aliphatic carbocycles. The molecule has 0 unspecified atom stereocenters. The Morgan fingerprint density at radius 3 is 1.32 bits per heavy atom. The number of rotatable bonds is 17. The van der Waals surface area contributed by atoms with Crippen LogP contribution in [0.2, 0.25) is 0 Å². The van der Waals surface area contributed by atoms with Crippen LogP contribution in [0.3, 0.4) is 0 Å². The quantitative estimate of drug-likeness (QED) is 0.0565. The van der Waals surface area contributed by atoms with E-state index in [1.165, 1.54) is 34.0 Å². The molecule has 35 heteroatoms. The maximum atomic E-state index is 13.0. The SMILES string of the molecule is CNC(=O)c1c(C)[nH]c2cc(Oc3ccnc4cc(C(=O)N5CC[C@@H](O)C5)sc34)ccc12.CNC(=O)c1cn(C)c2cc(Oc3ccnc4cc(-c5nccn5C)sc34)ccc12.CO[C@@H]1CCN(C(=O)c2cc3nccc(Oc4ccc5c(C(=O)N(C)C)cn(C)c5c4)c3s2)C1.Cc1c(C(=O)N(C)C)c2ccc(Oc3ccnc4cc(C(=O)N5CC[C@@H](O)C5)sc34)cc2n1C. The number of aromatic amines is 1. The van der Waals surface area contributed by atoms with E-state index in [1.54, 1.807) is 142 Å². The van der Waals surface area contributed by atoms with Crippen molar-refractivity contribution in [3.05, 3.63) is 219 Å². The zero-order valence-electron chi connectivity index (χ0n) is 73.4. The van der Waals surface area contributed by atoms with E-state index in [1.807, 2.05) is 175 Å². The fourth-order valence-electron chi connectivity index (χ4n) is 16.4. The fraction of sp³-hybridized carbons (Fsp3) is 0.263. The number of carbonyl (C=O) groups excluding carboxylic acids is 7. The highest BCUT2D eigenvalue weighted by atomic mass is 32.1. The number of hydrogen-bond acceptors (Lipinski definition) is 23. The number of nitrogens with one attached hydrogen (secondary N) is 3. The highest BCUT2D eigenvalue weighted by Crippen LogP contribution is 2.44. The molecule has 17 aromatic rings. The Hall–Kier alpha value is -13.9. The van der Waals surface area contributed by atoms with Gasteiger partial charge in [-0.2, -0.15) is 0 Å². The molecule has 3 fully saturated rings. The van der Waals surface area contributed by atoms with Crippen molar-refractivity contribution >= 4 is 171 Å². The lowest BCUT2D eigenvalue weighted by Gasteiger charge is -2.14. The average molecular weight is 1830 g/mol. The number of amides is 7. The van der Waals surface area contributed by atoms with Gasteiger partial charge in [0.25, 0.3) is 41.4 Å². The summed E-state index contributed by atoms with van der Waals surface area (Å²) in [5, 5.41) is 28.3. The topological polar surface area (TPSA) is 346 Å². The number of methoxy groups -OCH3 is 1. The first-order chi connectivity index (χ1) is 62.6. The van der Waals surface area contributed by atoms with Crippen LogP contribution in [0.25, 0.3) is 95.2 Å². The van der Waals surface area contributed by atoms with Gasteiger partial charge in [-0.1, -0.05) is 0 Å². The Balaban J connectivity index is 0.000000122. The predicted molar refractivity (Wildman–Crippen MR) is 505 cm³/mol. The van der Waals surface area contributed by atoms with Crippen LogP contribution in [-0.2, 0) is 32.9 Å². The molecule has 5 N–H and O–H groups in total. The minimum absolute atomic E-state index is 0.00295. The first kappa shape index (κ1) is 88.1. The Bertz CT molecular complexity index is 7330. The van der Waals surface area contributed by atoms with Gasteiger partial charge in [-0.05, 0) is 106 Å². The molecule has 130 heavy (non-hydrogen) atoms. The van der Waals surface area contributed by atoms with Gasteiger partial charge in [-0.25, -0.2) is 4.98 Å². The van der Waals surface area contributed by atoms with Crippen molar-refractivity contribution in [2.75, 3.05) is 88.7 Å². The van der Waals surface area contributed by atoms with E-state index in [4.69, 9.17) is 23.7 Å². The van der Waals surface area contributed by atoms with E-state index >= 15 is 0 Å². The number of H-pyrrole nitrogens is 1. The maximum Gasteiger partial charge on any atom is 0.264 e. The lowest BCUT2D eigenvalue weighted by atomic mass is 10.1. The molecule has 13 aromatic heterocycles. The summed E-state index contributed by atoms with van der Waals surface area (Å²) >= 11 is 5.67. The highest BCUT2D eigenvalue weighted by Gasteiger charge is 2.33. The number of carbonyl (C=O) groups is 7. The van der Waals surface area contributed by atoms with Gasteiger partial charge in [0.2, 0.25) is 0 Å². The van der Waals surface area contributed by atoms with Gasteiger partial charge in [0.1, 0.15) is 51.8 Å². The van der Waals surface area contributed by atoms with E-state index < -0.39 is 12.2 Å². The number of ether oxygens (including phenoxy) is 5. The predicted octanol–water partition coefficient (Wildman–Crippen LogP) is 15.7. The summed E-state index contributed by atoms with van der Waals surface area (Å²) < 4.78 is 41.5. The van der Waals surface area contributed by atoms with Crippen LogP contribution in [-0.4, -0.2) is 231 Å². The number of β-amino-alcohol motifs (C(OH)–C–C–N with tert-alkyl or cyclic N) is 2. The molecule has 31 nitrogen and oxygen atoms in total. The van der Waals surface area contributed by atoms with E-state index in [9.17, 15) is 43.8 Å². The maximum absolute atomic E-state index is 13.0. The van der Waals surface area contributed by atoms with Gasteiger partial charge in [0.05, 0.1) is 123 Å². The first-order valence-electron chi connectivity index (χ1n) is 41.9. The number of benzene rings is 4. The lowest BCUT2D eigenvalue weighted by molar-refractivity contribution is 0.0727. The summed E-state index contributed by atoms with van der Waals surface area (Å²) in [5.41, 5.74) is 10.8. The molecule has 3 atom stereocenters. The van der Waals surface area contributed by atoms with Crippen LogP contribution < -0.4 is 29.6 Å². The van der Waals surface area contributed by atoms with E-state index in [0.717, 1.165) is 108 Å². The van der Waals surface area contributed by atoms with Gasteiger partial charge in [-0.15, -0.1) is 45.3 Å². The smallest absolute Gasteiger partial charge is 0.264 e. The number of nitrogens with zero attached hydrogens (tertiary/aromatic N) is 14. The van der Waals surface area contributed by atoms with Crippen molar-refractivity contribution in [3.8, 4) is 56.7 Å². The van der Waals surface area contributed by atoms with Crippen molar-refractivity contribution < 1.29 is 67.5 Å². The molecular formula is C95H93N17O14S4. The Morgan fingerprint density at radius 1 is 0.454 bits per heavy atom. The molecule has 3 aliphatic heterocycles. The molecule has 20 rings (SSSR count). The number of aliphatic hydroxyl groups excluding tert-OH is 2. The minimum atomic E-state index is -0.458. The highest BCUT2D eigenvalue weighted by molar-refractivity contribution is 7.23. The lowest BCUT2D eigenvalue weighted by Crippen LogP contribution is -2.29. The monoisotopic (exact) mass is 1820 g/mol. The molecule has 0 bridgehead atoms. The Kier molecular flexibility index (Phi) is 24.8. The summed E-state index contributed by atoms with van der Waals surface area (Å²) in [7, 11) is 19.6. The number of aliphatic hydroxyl groups is 2. The summed E-state index contributed by atoms with van der Waals surface area (Å²) in [4.78, 5) is 125. The average Bonchev–Trinajstić information content (AvgIpc) is 1.62. The number of pyridine rings is 4. The third-order valence-corrected chi connectivity index (χ3v) is 27.8. The molecule has 16 heterocycles. The fourth-order valence-corrected chi connectivity index (χ4v) is 20.6. The van der Waals surface area contributed by atoms with Crippen molar-refractivity contribution in [1.29, 1.82) is 0 Å². The summed E-state index contributed by atoms with van der Waals surface area (Å²) in [6, 6.07) is 37.3. The largest absolute Gasteiger partial charge is 0.456 e. The van der Waals surface area contributed by atoms with Gasteiger partial charge < -0.3 is 92.3 Å². The zero-order chi connectivity index (χ0) is 91.4. The summed E-state index contributed by atoms with van der Waals surface area (Å²) in [6.07, 6.45) is 15.4. The Labute approximate surface area is 761 Å². The molecule has 4 aromatic carbocycles. The number of aryl methyl sites for hydroxylation is 5.